The lowest BCUT2D eigenvalue weighted by Crippen LogP contribution is -2.43. The molecule has 210 valence electrons. The molecule has 6 unspecified atom stereocenters. The third-order valence-electron chi connectivity index (χ3n) is 6.95. The van der Waals surface area contributed by atoms with Crippen molar-refractivity contribution in [1.29, 1.82) is 0 Å². The first-order valence-corrected chi connectivity index (χ1v) is 11.9. The van der Waals surface area contributed by atoms with E-state index in [-0.39, 0.29) is 83.0 Å². The maximum Gasteiger partial charge on any atom is 0.312 e. The van der Waals surface area contributed by atoms with Crippen molar-refractivity contribution in [3.8, 4) is 0 Å². The van der Waals surface area contributed by atoms with E-state index in [1.807, 2.05) is 62.3 Å². The van der Waals surface area contributed by atoms with Crippen molar-refractivity contribution < 1.29 is 28.6 Å². The van der Waals surface area contributed by atoms with Gasteiger partial charge in [-0.25, -0.2) is 0 Å². The molecule has 0 amide bonds. The Balaban J connectivity index is -0.00000166. The van der Waals surface area contributed by atoms with Gasteiger partial charge in [0.1, 0.15) is 12.2 Å². The summed E-state index contributed by atoms with van der Waals surface area (Å²) in [4.78, 5) is 37.8. The summed E-state index contributed by atoms with van der Waals surface area (Å²) in [6.45, 7) is 17.8. The van der Waals surface area contributed by atoms with E-state index < -0.39 is 10.8 Å². The summed E-state index contributed by atoms with van der Waals surface area (Å²) in [5, 5.41) is 0. The summed E-state index contributed by atoms with van der Waals surface area (Å²) < 4.78 is 17.0. The minimum atomic E-state index is -0.811. The third-order valence-corrected chi connectivity index (χ3v) is 6.95. The molecule has 2 saturated carbocycles. The first-order valence-electron chi connectivity index (χ1n) is 11.9. The number of carbonyl (C=O) groups is 3. The van der Waals surface area contributed by atoms with Crippen molar-refractivity contribution in [1.82, 2.24) is 0 Å². The van der Waals surface area contributed by atoms with Gasteiger partial charge in [-0.1, -0.05) is 71.2 Å². The largest absolute Gasteiger partial charge is 0.465 e. The Bertz CT molecular complexity index is 692. The Morgan fingerprint density at radius 3 is 1.97 bits per heavy atom. The summed E-state index contributed by atoms with van der Waals surface area (Å²) in [6.07, 6.45) is 1.90. The van der Waals surface area contributed by atoms with Gasteiger partial charge in [-0.3, -0.25) is 14.4 Å². The van der Waals surface area contributed by atoms with Crippen molar-refractivity contribution in [3.05, 3.63) is 0 Å². The molecule has 6 nitrogen and oxygen atoms in total. The molecule has 3 aliphatic rings. The van der Waals surface area contributed by atoms with Crippen molar-refractivity contribution in [2.75, 3.05) is 6.61 Å². The molecule has 3 fully saturated rings. The number of carbonyl (C=O) groups excluding carboxylic acids is 3. The van der Waals surface area contributed by atoms with Gasteiger partial charge in [0.05, 0.1) is 23.4 Å². The van der Waals surface area contributed by atoms with Gasteiger partial charge in [0, 0.05) is 11.8 Å². The SMILES string of the molecule is C.C.C.C.CC.CCC(C)(CC(C)(C)C(=O)OCC(C)(C)C)C(=O)OC1C2CC3C(=O)OC1C3C2. The van der Waals surface area contributed by atoms with Crippen LogP contribution >= 0.6 is 0 Å². The topological polar surface area (TPSA) is 78.9 Å². The molecule has 1 saturated heterocycles. The van der Waals surface area contributed by atoms with Gasteiger partial charge in [0.2, 0.25) is 0 Å². The van der Waals surface area contributed by atoms with Crippen molar-refractivity contribution in [2.45, 2.75) is 130 Å². The fourth-order valence-corrected chi connectivity index (χ4v) is 5.20. The zero-order valence-electron chi connectivity index (χ0n) is 20.9. The van der Waals surface area contributed by atoms with E-state index in [9.17, 15) is 14.4 Å². The molecule has 0 aromatic heterocycles. The lowest BCUT2D eigenvalue weighted by Gasteiger charge is -2.36. The molecular weight excluding hydrogens is 444 g/mol. The van der Waals surface area contributed by atoms with Crippen LogP contribution in [0.25, 0.3) is 0 Å². The van der Waals surface area contributed by atoms with Crippen LogP contribution < -0.4 is 0 Å². The standard InChI is InChI=1S/C23H36O6.C2H6.4CH4/c1-8-23(7,11-22(5,6)19(25)27-12-21(2,3)4)20(26)29-16-13-9-14-15(10-13)18(24)28-17(14)16;1-2;;;;/h13-17H,8-12H2,1-7H3;1-2H3;4*1H4. The Morgan fingerprint density at radius 1 is 0.943 bits per heavy atom. The van der Waals surface area contributed by atoms with Gasteiger partial charge in [0.15, 0.2) is 0 Å². The molecule has 6 heteroatoms. The van der Waals surface area contributed by atoms with E-state index in [2.05, 4.69) is 0 Å². The first kappa shape index (κ1) is 37.9. The summed E-state index contributed by atoms with van der Waals surface area (Å²) in [7, 11) is 0. The molecule has 3 rings (SSSR count). The number of fused-ring (bicyclic) bond motifs is 1. The Morgan fingerprint density at radius 2 is 1.49 bits per heavy atom. The second kappa shape index (κ2) is 13.6. The van der Waals surface area contributed by atoms with Gasteiger partial charge in [0.25, 0.3) is 0 Å². The smallest absolute Gasteiger partial charge is 0.312 e. The van der Waals surface area contributed by atoms with Crippen LogP contribution in [0.4, 0.5) is 0 Å². The van der Waals surface area contributed by atoms with E-state index in [0.29, 0.717) is 19.4 Å². The summed E-state index contributed by atoms with van der Waals surface area (Å²) in [6, 6.07) is 0. The maximum absolute atomic E-state index is 13.2. The predicted octanol–water partition coefficient (Wildman–Crippen LogP) is 7.47. The number of esters is 3. The minimum absolute atomic E-state index is 0. The lowest BCUT2D eigenvalue weighted by atomic mass is 9.72. The highest BCUT2D eigenvalue weighted by Gasteiger charge is 2.63. The van der Waals surface area contributed by atoms with E-state index in [1.54, 1.807) is 0 Å². The van der Waals surface area contributed by atoms with Crippen LogP contribution in [0.2, 0.25) is 0 Å². The molecule has 2 aliphatic carbocycles. The number of hydrogen-bond acceptors (Lipinski definition) is 6. The Labute approximate surface area is 217 Å². The van der Waals surface area contributed by atoms with E-state index in [1.165, 1.54) is 0 Å². The van der Waals surface area contributed by atoms with Crippen LogP contribution in [0.3, 0.4) is 0 Å². The van der Waals surface area contributed by atoms with Gasteiger partial charge in [-0.05, 0) is 51.9 Å². The fourth-order valence-electron chi connectivity index (χ4n) is 5.20. The van der Waals surface area contributed by atoms with Gasteiger partial charge >= 0.3 is 17.9 Å². The molecule has 0 spiro atoms. The monoisotopic (exact) mass is 502 g/mol. The summed E-state index contributed by atoms with van der Waals surface area (Å²) in [5.41, 5.74) is -1.74. The molecule has 2 bridgehead atoms. The zero-order chi connectivity index (χ0) is 23.8. The second-order valence-corrected chi connectivity index (χ2v) is 11.4. The molecule has 1 heterocycles. The van der Waals surface area contributed by atoms with Crippen molar-refractivity contribution in [3.63, 3.8) is 0 Å². The average Bonchev–Trinajstić information content (AvgIpc) is 3.31. The zero-order valence-corrected chi connectivity index (χ0v) is 20.9. The molecular formula is C29H58O6. The van der Waals surface area contributed by atoms with Gasteiger partial charge in [-0.2, -0.15) is 0 Å². The Hall–Kier alpha value is -1.59. The highest BCUT2D eigenvalue weighted by molar-refractivity contribution is 5.81. The van der Waals surface area contributed by atoms with Crippen LogP contribution in [-0.2, 0) is 28.6 Å². The molecule has 0 aromatic rings. The van der Waals surface area contributed by atoms with Crippen LogP contribution in [0.1, 0.15) is 118 Å². The third kappa shape index (κ3) is 7.95. The quantitative estimate of drug-likeness (QED) is 0.265. The van der Waals surface area contributed by atoms with E-state index >= 15 is 0 Å². The highest BCUT2D eigenvalue weighted by atomic mass is 16.6. The maximum atomic E-state index is 13.2. The number of hydrogen-bond donors (Lipinski definition) is 0. The number of rotatable bonds is 7. The molecule has 0 N–H and O–H groups in total. The van der Waals surface area contributed by atoms with Gasteiger partial charge in [-0.15, -0.1) is 0 Å². The predicted molar refractivity (Wildman–Crippen MR) is 145 cm³/mol. The van der Waals surface area contributed by atoms with Gasteiger partial charge < -0.3 is 14.2 Å². The van der Waals surface area contributed by atoms with Crippen LogP contribution in [-0.4, -0.2) is 36.7 Å². The summed E-state index contributed by atoms with van der Waals surface area (Å²) in [5.74, 6) is -0.351. The van der Waals surface area contributed by atoms with Crippen LogP contribution in [0.15, 0.2) is 0 Å². The summed E-state index contributed by atoms with van der Waals surface area (Å²) >= 11 is 0. The average molecular weight is 503 g/mol. The molecule has 0 radical (unpaired) electrons. The number of ether oxygens (including phenoxy) is 3. The van der Waals surface area contributed by atoms with Crippen molar-refractivity contribution >= 4 is 17.9 Å². The first-order chi connectivity index (χ1) is 14.3. The lowest BCUT2D eigenvalue weighted by molar-refractivity contribution is -0.175. The van der Waals surface area contributed by atoms with E-state index in [4.69, 9.17) is 14.2 Å². The molecule has 0 aromatic carbocycles. The second-order valence-electron chi connectivity index (χ2n) is 11.4. The molecule has 35 heavy (non-hydrogen) atoms. The molecule has 1 aliphatic heterocycles. The highest BCUT2D eigenvalue weighted by Crippen LogP contribution is 2.56. The Kier molecular flexibility index (Phi) is 14.8. The fraction of sp³-hybridized carbons (Fsp3) is 0.897. The van der Waals surface area contributed by atoms with Crippen molar-refractivity contribution in [2.24, 2.45) is 34.0 Å². The molecule has 6 atom stereocenters. The minimum Gasteiger partial charge on any atom is -0.465 e. The van der Waals surface area contributed by atoms with E-state index in [0.717, 1.165) is 12.8 Å². The van der Waals surface area contributed by atoms with Crippen LogP contribution in [0, 0.1) is 34.0 Å². The normalized spacial score (nSPS) is 27.2. The van der Waals surface area contributed by atoms with Crippen LogP contribution in [0.5, 0.6) is 0 Å².